The molecular formula is C16H15NO5S. The summed E-state index contributed by atoms with van der Waals surface area (Å²) < 4.78 is 27.6. The van der Waals surface area contributed by atoms with Crippen LogP contribution >= 0.6 is 0 Å². The van der Waals surface area contributed by atoms with Gasteiger partial charge in [-0.2, -0.15) is 0 Å². The van der Waals surface area contributed by atoms with Crippen molar-refractivity contribution in [3.63, 3.8) is 0 Å². The minimum absolute atomic E-state index is 0.122. The monoisotopic (exact) mass is 333 g/mol. The lowest BCUT2D eigenvalue weighted by Gasteiger charge is -2.07. The number of esters is 1. The predicted octanol–water partition coefficient (Wildman–Crippen LogP) is 2.13. The van der Waals surface area contributed by atoms with Gasteiger partial charge in [-0.3, -0.25) is 4.79 Å². The average Bonchev–Trinajstić information content (AvgIpc) is 2.53. The molecule has 0 aliphatic rings. The van der Waals surface area contributed by atoms with E-state index in [0.29, 0.717) is 16.8 Å². The van der Waals surface area contributed by atoms with E-state index in [1.807, 2.05) is 0 Å². The van der Waals surface area contributed by atoms with Gasteiger partial charge >= 0.3 is 5.97 Å². The first-order valence-electron chi connectivity index (χ1n) is 6.61. The highest BCUT2D eigenvalue weighted by Crippen LogP contribution is 2.16. The molecule has 0 aliphatic carbocycles. The number of carbonyl (C=O) groups is 2. The maximum atomic E-state index is 12.1. The van der Waals surface area contributed by atoms with E-state index >= 15 is 0 Å². The molecule has 0 aliphatic heterocycles. The third-order valence-corrected chi connectivity index (χ3v) is 4.20. The zero-order valence-corrected chi connectivity index (χ0v) is 13.4. The molecule has 0 radical (unpaired) electrons. The molecule has 0 spiro atoms. The van der Waals surface area contributed by atoms with Crippen LogP contribution in [-0.4, -0.2) is 33.7 Å². The van der Waals surface area contributed by atoms with Crippen LogP contribution in [0.2, 0.25) is 0 Å². The van der Waals surface area contributed by atoms with Crippen LogP contribution in [0.25, 0.3) is 0 Å². The second kappa shape index (κ2) is 6.62. The molecule has 1 N–H and O–H groups in total. The largest absolute Gasteiger partial charge is 0.465 e. The number of benzene rings is 2. The van der Waals surface area contributed by atoms with Crippen LogP contribution in [0.15, 0.2) is 53.4 Å². The van der Waals surface area contributed by atoms with Gasteiger partial charge in [-0.05, 0) is 42.5 Å². The van der Waals surface area contributed by atoms with Gasteiger partial charge < -0.3 is 10.1 Å². The lowest BCUT2D eigenvalue weighted by Crippen LogP contribution is -2.12. The van der Waals surface area contributed by atoms with Crippen molar-refractivity contribution in [2.75, 3.05) is 18.7 Å². The normalized spacial score (nSPS) is 10.9. The van der Waals surface area contributed by atoms with Gasteiger partial charge in [0.25, 0.3) is 5.91 Å². The number of sulfone groups is 1. The minimum atomic E-state index is -3.35. The molecule has 120 valence electrons. The van der Waals surface area contributed by atoms with Crippen LogP contribution in [-0.2, 0) is 14.6 Å². The first kappa shape index (κ1) is 16.7. The maximum absolute atomic E-state index is 12.1. The smallest absolute Gasteiger partial charge is 0.337 e. The zero-order chi connectivity index (χ0) is 17.0. The zero-order valence-electron chi connectivity index (χ0n) is 12.6. The van der Waals surface area contributed by atoms with E-state index in [4.69, 9.17) is 0 Å². The summed E-state index contributed by atoms with van der Waals surface area (Å²) in [5.74, 6) is -0.898. The number of nitrogens with one attached hydrogen (secondary N) is 1. The summed E-state index contributed by atoms with van der Waals surface area (Å²) >= 11 is 0. The minimum Gasteiger partial charge on any atom is -0.465 e. The van der Waals surface area contributed by atoms with Crippen molar-refractivity contribution in [2.24, 2.45) is 0 Å². The number of carbonyl (C=O) groups excluding carboxylic acids is 2. The second-order valence-corrected chi connectivity index (χ2v) is 6.84. The molecule has 0 saturated carbocycles. The molecule has 1 amide bonds. The molecule has 2 aromatic rings. The lowest BCUT2D eigenvalue weighted by atomic mass is 10.1. The van der Waals surface area contributed by atoms with Crippen molar-refractivity contribution >= 4 is 27.4 Å². The summed E-state index contributed by atoms with van der Waals surface area (Å²) in [4.78, 5) is 23.6. The van der Waals surface area contributed by atoms with Crippen molar-refractivity contribution in [3.05, 3.63) is 59.7 Å². The molecule has 2 rings (SSSR count). The van der Waals surface area contributed by atoms with E-state index in [1.165, 1.54) is 43.5 Å². The molecule has 6 nitrogen and oxygen atoms in total. The van der Waals surface area contributed by atoms with Gasteiger partial charge in [0.05, 0.1) is 17.6 Å². The van der Waals surface area contributed by atoms with Gasteiger partial charge in [-0.15, -0.1) is 0 Å². The quantitative estimate of drug-likeness (QED) is 0.866. The Kier molecular flexibility index (Phi) is 4.80. The Morgan fingerprint density at radius 1 is 1.00 bits per heavy atom. The lowest BCUT2D eigenvalue weighted by molar-refractivity contribution is 0.0600. The summed E-state index contributed by atoms with van der Waals surface area (Å²) in [5, 5.41) is 2.61. The van der Waals surface area contributed by atoms with Crippen LogP contribution < -0.4 is 5.32 Å². The standard InChI is InChI=1S/C16H15NO5S/c1-22-16(19)12-8-6-11(7-9-12)15(18)17-13-4-3-5-14(10-13)23(2,20)21/h3-10H,1-2H3,(H,17,18). The van der Waals surface area contributed by atoms with Crippen LogP contribution in [0.3, 0.4) is 0 Å². The Hall–Kier alpha value is -2.67. The van der Waals surface area contributed by atoms with Gasteiger partial charge in [0.15, 0.2) is 9.84 Å². The molecule has 0 heterocycles. The molecule has 0 bridgehead atoms. The predicted molar refractivity (Wildman–Crippen MR) is 85.3 cm³/mol. The molecule has 0 atom stereocenters. The van der Waals surface area contributed by atoms with Gasteiger partial charge in [0.2, 0.25) is 0 Å². The fourth-order valence-corrected chi connectivity index (χ4v) is 2.55. The van der Waals surface area contributed by atoms with Crippen LogP contribution in [0.1, 0.15) is 20.7 Å². The number of ether oxygens (including phenoxy) is 1. The molecular weight excluding hydrogens is 318 g/mol. The summed E-state index contributed by atoms with van der Waals surface area (Å²) in [5.41, 5.74) is 1.04. The van der Waals surface area contributed by atoms with E-state index in [9.17, 15) is 18.0 Å². The topological polar surface area (TPSA) is 89.5 Å². The van der Waals surface area contributed by atoms with E-state index in [-0.39, 0.29) is 4.90 Å². The van der Waals surface area contributed by atoms with E-state index in [1.54, 1.807) is 12.1 Å². The van der Waals surface area contributed by atoms with Gasteiger partial charge in [-0.1, -0.05) is 6.07 Å². The van der Waals surface area contributed by atoms with Gasteiger partial charge in [0, 0.05) is 17.5 Å². The molecule has 2 aromatic carbocycles. The fourth-order valence-electron chi connectivity index (χ4n) is 1.88. The number of hydrogen-bond donors (Lipinski definition) is 1. The number of anilines is 1. The average molecular weight is 333 g/mol. The third kappa shape index (κ3) is 4.17. The van der Waals surface area contributed by atoms with Gasteiger partial charge in [-0.25, -0.2) is 13.2 Å². The number of methoxy groups -OCH3 is 1. The number of rotatable bonds is 4. The van der Waals surface area contributed by atoms with Crippen LogP contribution in [0.4, 0.5) is 5.69 Å². The van der Waals surface area contributed by atoms with Crippen molar-refractivity contribution in [2.45, 2.75) is 4.90 Å². The number of amides is 1. The maximum Gasteiger partial charge on any atom is 0.337 e. The number of hydrogen-bond acceptors (Lipinski definition) is 5. The van der Waals surface area contributed by atoms with Crippen molar-refractivity contribution in [1.29, 1.82) is 0 Å². The Morgan fingerprint density at radius 3 is 2.17 bits per heavy atom. The molecule has 23 heavy (non-hydrogen) atoms. The first-order valence-corrected chi connectivity index (χ1v) is 8.50. The Balaban J connectivity index is 2.18. The molecule has 0 fully saturated rings. The fraction of sp³-hybridized carbons (Fsp3) is 0.125. The highest BCUT2D eigenvalue weighted by molar-refractivity contribution is 7.90. The summed E-state index contributed by atoms with van der Waals surface area (Å²) in [7, 11) is -2.07. The SMILES string of the molecule is COC(=O)c1ccc(C(=O)Nc2cccc(S(C)(=O)=O)c2)cc1. The third-order valence-electron chi connectivity index (χ3n) is 3.09. The molecule has 0 saturated heterocycles. The summed E-state index contributed by atoms with van der Waals surface area (Å²) in [6, 6.07) is 11.9. The summed E-state index contributed by atoms with van der Waals surface area (Å²) in [6.07, 6.45) is 1.10. The van der Waals surface area contributed by atoms with E-state index in [2.05, 4.69) is 10.1 Å². The van der Waals surface area contributed by atoms with Crippen molar-refractivity contribution in [1.82, 2.24) is 0 Å². The highest BCUT2D eigenvalue weighted by Gasteiger charge is 2.11. The Morgan fingerprint density at radius 2 is 1.61 bits per heavy atom. The molecule has 0 unspecified atom stereocenters. The summed E-state index contributed by atoms with van der Waals surface area (Å²) in [6.45, 7) is 0. The first-order chi connectivity index (χ1) is 10.8. The van der Waals surface area contributed by atoms with Crippen molar-refractivity contribution in [3.8, 4) is 0 Å². The van der Waals surface area contributed by atoms with Gasteiger partial charge in [0.1, 0.15) is 0 Å². The van der Waals surface area contributed by atoms with Crippen molar-refractivity contribution < 1.29 is 22.7 Å². The van der Waals surface area contributed by atoms with E-state index < -0.39 is 21.7 Å². The Labute approximate surface area is 134 Å². The van der Waals surface area contributed by atoms with Crippen LogP contribution in [0.5, 0.6) is 0 Å². The second-order valence-electron chi connectivity index (χ2n) is 4.82. The molecule has 0 aromatic heterocycles. The molecule has 7 heteroatoms. The van der Waals surface area contributed by atoms with E-state index in [0.717, 1.165) is 6.26 Å². The van der Waals surface area contributed by atoms with Crippen LogP contribution in [0, 0.1) is 0 Å². The Bertz CT molecular complexity index is 841. The highest BCUT2D eigenvalue weighted by atomic mass is 32.2.